The Morgan fingerprint density at radius 3 is 2.49 bits per heavy atom. The van der Waals surface area contributed by atoms with Gasteiger partial charge in [-0.1, -0.05) is 38.1 Å². The van der Waals surface area contributed by atoms with E-state index in [0.717, 1.165) is 26.0 Å². The Hall–Kier alpha value is -4.25. The molecule has 43 heavy (non-hydrogen) atoms. The Labute approximate surface area is 263 Å². The lowest BCUT2D eigenvalue weighted by Crippen LogP contribution is -2.21. The summed E-state index contributed by atoms with van der Waals surface area (Å²) in [7, 11) is 3.21. The smallest absolute Gasteiger partial charge is 0.282 e. The summed E-state index contributed by atoms with van der Waals surface area (Å²) in [4.78, 5) is 18.7. The van der Waals surface area contributed by atoms with Gasteiger partial charge in [-0.15, -0.1) is 0 Å². The Kier molecular flexibility index (Phi) is 9.10. The number of ether oxygens (including phenoxy) is 3. The van der Waals surface area contributed by atoms with E-state index in [1.807, 2.05) is 43.3 Å². The van der Waals surface area contributed by atoms with Crippen LogP contribution >= 0.6 is 22.6 Å². The first-order chi connectivity index (χ1) is 20.7. The van der Waals surface area contributed by atoms with E-state index in [1.54, 1.807) is 44.7 Å². The van der Waals surface area contributed by atoms with Crippen LogP contribution in [0.1, 0.15) is 42.0 Å². The van der Waals surface area contributed by atoms with Crippen molar-refractivity contribution in [2.75, 3.05) is 14.2 Å². The van der Waals surface area contributed by atoms with Crippen molar-refractivity contribution in [3.05, 3.63) is 115 Å². The van der Waals surface area contributed by atoms with Gasteiger partial charge in [0, 0.05) is 5.56 Å². The van der Waals surface area contributed by atoms with Gasteiger partial charge in [0.05, 0.1) is 34.9 Å². The number of halogens is 2. The third-order valence-electron chi connectivity index (χ3n) is 7.04. The second-order valence-corrected chi connectivity index (χ2v) is 11.5. The van der Waals surface area contributed by atoms with E-state index in [9.17, 15) is 9.18 Å². The van der Waals surface area contributed by atoms with Crippen molar-refractivity contribution in [3.63, 3.8) is 0 Å². The number of hydrogen-bond donors (Lipinski definition) is 0. The van der Waals surface area contributed by atoms with E-state index in [1.165, 1.54) is 16.8 Å². The first-order valence-electron chi connectivity index (χ1n) is 13.7. The molecule has 0 amide bonds. The third-order valence-corrected chi connectivity index (χ3v) is 7.84. The SMILES string of the molecule is COc1cc(C)c(-c2nc3ccccc3c(=O)n2N=Cc2cc(I)c(OCc3cccc(F)c3)c(OC)c2)cc1C(C)C. The molecule has 0 aliphatic rings. The lowest BCUT2D eigenvalue weighted by Gasteiger charge is -2.17. The van der Waals surface area contributed by atoms with Crippen molar-refractivity contribution < 1.29 is 18.6 Å². The summed E-state index contributed by atoms with van der Waals surface area (Å²) < 4.78 is 33.0. The van der Waals surface area contributed by atoms with E-state index in [2.05, 4.69) is 41.5 Å². The zero-order valence-electron chi connectivity index (χ0n) is 24.5. The van der Waals surface area contributed by atoms with Gasteiger partial charge in [0.25, 0.3) is 5.56 Å². The molecule has 0 aliphatic carbocycles. The van der Waals surface area contributed by atoms with Crippen LogP contribution in [0.25, 0.3) is 22.3 Å². The van der Waals surface area contributed by atoms with Gasteiger partial charge in [0.15, 0.2) is 17.3 Å². The molecular formula is C34H31FIN3O4. The minimum atomic E-state index is -0.322. The molecule has 0 bridgehead atoms. The molecule has 0 radical (unpaired) electrons. The summed E-state index contributed by atoms with van der Waals surface area (Å²) in [6.07, 6.45) is 1.60. The van der Waals surface area contributed by atoms with Gasteiger partial charge < -0.3 is 14.2 Å². The maximum absolute atomic E-state index is 13.8. The molecule has 0 unspecified atom stereocenters. The normalized spacial score (nSPS) is 11.4. The molecule has 0 saturated heterocycles. The zero-order valence-corrected chi connectivity index (χ0v) is 26.7. The number of hydrogen-bond acceptors (Lipinski definition) is 6. The summed E-state index contributed by atoms with van der Waals surface area (Å²) in [6, 6.07) is 21.2. The number of aromatic nitrogens is 2. The van der Waals surface area contributed by atoms with E-state index >= 15 is 0 Å². The molecule has 0 atom stereocenters. The van der Waals surface area contributed by atoms with E-state index in [0.29, 0.717) is 39.4 Å². The minimum absolute atomic E-state index is 0.179. The average Bonchev–Trinajstić information content (AvgIpc) is 2.99. The van der Waals surface area contributed by atoms with Crippen LogP contribution in [0, 0.1) is 16.3 Å². The highest BCUT2D eigenvalue weighted by atomic mass is 127. The first-order valence-corrected chi connectivity index (χ1v) is 14.8. The summed E-state index contributed by atoms with van der Waals surface area (Å²) in [6.45, 7) is 6.33. The summed E-state index contributed by atoms with van der Waals surface area (Å²) in [5.74, 6) is 2.10. The lowest BCUT2D eigenvalue weighted by molar-refractivity contribution is 0.282. The summed E-state index contributed by atoms with van der Waals surface area (Å²) >= 11 is 2.16. The number of nitrogens with zero attached hydrogens (tertiary/aromatic N) is 3. The van der Waals surface area contributed by atoms with Crippen molar-refractivity contribution in [1.82, 2.24) is 9.66 Å². The molecule has 1 heterocycles. The highest BCUT2D eigenvalue weighted by molar-refractivity contribution is 14.1. The highest BCUT2D eigenvalue weighted by Gasteiger charge is 2.19. The molecule has 0 fully saturated rings. The summed E-state index contributed by atoms with van der Waals surface area (Å²) in [5.41, 5.74) is 4.41. The lowest BCUT2D eigenvalue weighted by atomic mass is 9.96. The molecule has 0 aliphatic heterocycles. The van der Waals surface area contributed by atoms with Gasteiger partial charge in [-0.05, 0) is 106 Å². The predicted octanol–water partition coefficient (Wildman–Crippen LogP) is 7.72. The molecule has 0 N–H and O–H groups in total. The first kappa shape index (κ1) is 30.2. The fourth-order valence-electron chi connectivity index (χ4n) is 4.83. The monoisotopic (exact) mass is 691 g/mol. The van der Waals surface area contributed by atoms with Crippen LogP contribution in [0.4, 0.5) is 4.39 Å². The molecule has 0 spiro atoms. The molecular weight excluding hydrogens is 660 g/mol. The number of aryl methyl sites for hydroxylation is 1. The maximum atomic E-state index is 13.8. The minimum Gasteiger partial charge on any atom is -0.496 e. The van der Waals surface area contributed by atoms with Crippen LogP contribution in [0.5, 0.6) is 17.2 Å². The van der Waals surface area contributed by atoms with Crippen molar-refractivity contribution in [2.24, 2.45) is 5.10 Å². The molecule has 5 rings (SSSR count). The van der Waals surface area contributed by atoms with Crippen molar-refractivity contribution >= 4 is 39.7 Å². The van der Waals surface area contributed by atoms with Gasteiger partial charge in [-0.3, -0.25) is 4.79 Å². The van der Waals surface area contributed by atoms with Gasteiger partial charge in [-0.25, -0.2) is 9.37 Å². The fraction of sp³-hybridized carbons (Fsp3) is 0.206. The molecule has 4 aromatic carbocycles. The second kappa shape index (κ2) is 12.9. The number of rotatable bonds is 9. The van der Waals surface area contributed by atoms with Gasteiger partial charge in [0.2, 0.25) is 0 Å². The molecule has 1 aromatic heterocycles. The number of fused-ring (bicyclic) bond motifs is 1. The molecule has 5 aromatic rings. The molecule has 9 heteroatoms. The summed E-state index contributed by atoms with van der Waals surface area (Å²) in [5, 5.41) is 5.12. The molecule has 0 saturated carbocycles. The van der Waals surface area contributed by atoms with Crippen molar-refractivity contribution in [1.29, 1.82) is 0 Å². The van der Waals surface area contributed by atoms with E-state index < -0.39 is 0 Å². The average molecular weight is 692 g/mol. The van der Waals surface area contributed by atoms with Crippen LogP contribution in [0.15, 0.2) is 82.7 Å². The Morgan fingerprint density at radius 1 is 1.00 bits per heavy atom. The van der Waals surface area contributed by atoms with Gasteiger partial charge in [0.1, 0.15) is 18.2 Å². The Bertz CT molecular complexity index is 1900. The highest BCUT2D eigenvalue weighted by Crippen LogP contribution is 2.35. The van der Waals surface area contributed by atoms with Crippen LogP contribution < -0.4 is 19.8 Å². The van der Waals surface area contributed by atoms with Crippen molar-refractivity contribution in [2.45, 2.75) is 33.3 Å². The van der Waals surface area contributed by atoms with Crippen LogP contribution in [-0.2, 0) is 6.61 Å². The Balaban J connectivity index is 1.59. The molecule has 220 valence electrons. The Morgan fingerprint density at radius 2 is 1.77 bits per heavy atom. The van der Waals surface area contributed by atoms with Gasteiger partial charge in [-0.2, -0.15) is 9.78 Å². The van der Waals surface area contributed by atoms with Crippen LogP contribution in [0.3, 0.4) is 0 Å². The standard InChI is InChI=1S/C34H31FIN3O4/c1-20(2)26-17-27(21(3)13-30(26)41-4)33-38-29-12-7-6-11-25(29)34(40)39(33)37-18-23-15-28(36)32(31(16-23)42-5)43-19-22-9-8-10-24(35)14-22/h6-18,20H,19H2,1-5H3. The number of methoxy groups -OCH3 is 2. The molecule has 7 nitrogen and oxygen atoms in total. The van der Waals surface area contributed by atoms with Crippen LogP contribution in [-0.4, -0.2) is 30.1 Å². The predicted molar refractivity (Wildman–Crippen MR) is 176 cm³/mol. The van der Waals surface area contributed by atoms with Gasteiger partial charge >= 0.3 is 0 Å². The zero-order chi connectivity index (χ0) is 30.7. The number of para-hydroxylation sites is 1. The number of benzene rings is 4. The van der Waals surface area contributed by atoms with Crippen LogP contribution in [0.2, 0.25) is 0 Å². The third kappa shape index (κ3) is 6.41. The fourth-order valence-corrected chi connectivity index (χ4v) is 5.61. The van der Waals surface area contributed by atoms with E-state index in [-0.39, 0.29) is 23.9 Å². The quantitative estimate of drug-likeness (QED) is 0.117. The van der Waals surface area contributed by atoms with E-state index in [4.69, 9.17) is 19.2 Å². The topological polar surface area (TPSA) is 74.9 Å². The second-order valence-electron chi connectivity index (χ2n) is 10.3. The van der Waals surface area contributed by atoms with Crippen molar-refractivity contribution in [3.8, 4) is 28.6 Å². The maximum Gasteiger partial charge on any atom is 0.282 e. The largest absolute Gasteiger partial charge is 0.496 e.